The lowest BCUT2D eigenvalue weighted by Gasteiger charge is -2.09. The number of aromatic nitrogens is 2. The topological polar surface area (TPSA) is 27.1 Å². The fourth-order valence-electron chi connectivity index (χ4n) is 1.89. The highest BCUT2D eigenvalue weighted by molar-refractivity contribution is 9.10. The Balaban J connectivity index is 2.22. The third kappa shape index (κ3) is 3.15. The van der Waals surface area contributed by atoms with Crippen molar-refractivity contribution in [2.45, 2.75) is 33.4 Å². The highest BCUT2D eigenvalue weighted by Crippen LogP contribution is 2.26. The van der Waals surface area contributed by atoms with Crippen molar-refractivity contribution in [3.8, 4) is 5.75 Å². The van der Waals surface area contributed by atoms with Gasteiger partial charge < -0.3 is 4.74 Å². The van der Waals surface area contributed by atoms with Crippen molar-refractivity contribution < 1.29 is 9.13 Å². The van der Waals surface area contributed by atoms with Gasteiger partial charge in [-0.15, -0.1) is 0 Å². The van der Waals surface area contributed by atoms with E-state index in [0.29, 0.717) is 11.6 Å². The highest BCUT2D eigenvalue weighted by Gasteiger charge is 2.15. The van der Waals surface area contributed by atoms with E-state index in [-0.39, 0.29) is 12.4 Å². The van der Waals surface area contributed by atoms with Gasteiger partial charge in [0.2, 0.25) is 0 Å². The van der Waals surface area contributed by atoms with Gasteiger partial charge in [0.05, 0.1) is 16.4 Å². The van der Waals surface area contributed by atoms with Crippen molar-refractivity contribution >= 4 is 27.5 Å². The summed E-state index contributed by atoms with van der Waals surface area (Å²) in [6, 6.07) is 4.58. The van der Waals surface area contributed by atoms with Crippen LogP contribution in [0.5, 0.6) is 5.75 Å². The summed E-state index contributed by atoms with van der Waals surface area (Å²) in [7, 11) is 0. The maximum atomic E-state index is 13.6. The summed E-state index contributed by atoms with van der Waals surface area (Å²) in [5, 5.41) is 5.00. The molecule has 0 fully saturated rings. The van der Waals surface area contributed by atoms with E-state index in [1.54, 1.807) is 16.8 Å². The molecular weight excluding hydrogens is 347 g/mol. The third-order valence-corrected chi connectivity index (χ3v) is 3.88. The smallest absolute Gasteiger partial charge is 0.165 e. The summed E-state index contributed by atoms with van der Waals surface area (Å²) in [6.45, 7) is 4.85. The van der Waals surface area contributed by atoms with Crippen LogP contribution in [0.25, 0.3) is 0 Å². The van der Waals surface area contributed by atoms with E-state index >= 15 is 0 Å². The van der Waals surface area contributed by atoms with E-state index in [4.69, 9.17) is 16.3 Å². The molecule has 0 spiro atoms. The Labute approximate surface area is 130 Å². The second-order valence-electron chi connectivity index (χ2n) is 4.24. The molecule has 0 unspecified atom stereocenters. The van der Waals surface area contributed by atoms with E-state index in [0.717, 1.165) is 22.3 Å². The summed E-state index contributed by atoms with van der Waals surface area (Å²) < 4.78 is 21.7. The first-order valence-corrected chi connectivity index (χ1v) is 7.55. The molecule has 0 bridgehead atoms. The van der Waals surface area contributed by atoms with Gasteiger partial charge in [-0.2, -0.15) is 5.10 Å². The Morgan fingerprint density at radius 1 is 1.40 bits per heavy atom. The van der Waals surface area contributed by atoms with Crippen LogP contribution in [-0.2, 0) is 19.6 Å². The van der Waals surface area contributed by atoms with Gasteiger partial charge in [0, 0.05) is 11.0 Å². The van der Waals surface area contributed by atoms with Crippen molar-refractivity contribution in [2.24, 2.45) is 0 Å². The second kappa shape index (κ2) is 6.59. The fraction of sp³-hybridized carbons (Fsp3) is 0.357. The van der Waals surface area contributed by atoms with E-state index in [1.165, 1.54) is 6.07 Å². The predicted octanol–water partition coefficient (Wildman–Crippen LogP) is 4.60. The van der Waals surface area contributed by atoms with Crippen LogP contribution in [-0.4, -0.2) is 9.78 Å². The van der Waals surface area contributed by atoms with Gasteiger partial charge in [0.15, 0.2) is 11.6 Å². The van der Waals surface area contributed by atoms with Crippen LogP contribution < -0.4 is 4.74 Å². The molecule has 0 radical (unpaired) electrons. The van der Waals surface area contributed by atoms with Gasteiger partial charge >= 0.3 is 0 Å². The molecular formula is C14H15BrClFN2O. The molecule has 0 aliphatic rings. The standard InChI is InChI=1S/C14H15BrClFN2O/c1-3-11-14(16)12(19(4-2)18-11)8-20-13-7-9(15)5-6-10(13)17/h5-7H,3-4,8H2,1-2H3. The molecule has 2 rings (SSSR count). The Kier molecular flexibility index (Phi) is 5.05. The molecule has 1 heterocycles. The first kappa shape index (κ1) is 15.3. The highest BCUT2D eigenvalue weighted by atomic mass is 79.9. The summed E-state index contributed by atoms with van der Waals surface area (Å²) in [5.74, 6) is -0.208. The Bertz CT molecular complexity index is 615. The van der Waals surface area contributed by atoms with Gasteiger partial charge in [-0.05, 0) is 31.5 Å². The fourth-order valence-corrected chi connectivity index (χ4v) is 2.55. The van der Waals surface area contributed by atoms with Crippen LogP contribution in [0.4, 0.5) is 4.39 Å². The molecule has 20 heavy (non-hydrogen) atoms. The Hall–Kier alpha value is -1.07. The normalized spacial score (nSPS) is 10.8. The molecule has 0 saturated heterocycles. The average Bonchev–Trinajstić information content (AvgIpc) is 2.75. The van der Waals surface area contributed by atoms with Crippen molar-refractivity contribution in [1.82, 2.24) is 9.78 Å². The zero-order valence-corrected chi connectivity index (χ0v) is 13.6. The zero-order valence-electron chi connectivity index (χ0n) is 11.3. The molecule has 2 aromatic rings. The molecule has 3 nitrogen and oxygen atoms in total. The van der Waals surface area contributed by atoms with Gasteiger partial charge in [-0.3, -0.25) is 4.68 Å². The maximum absolute atomic E-state index is 13.6. The van der Waals surface area contributed by atoms with Gasteiger partial charge in [-0.25, -0.2) is 4.39 Å². The maximum Gasteiger partial charge on any atom is 0.165 e. The number of ether oxygens (including phenoxy) is 1. The molecule has 1 aromatic heterocycles. The lowest BCUT2D eigenvalue weighted by molar-refractivity contribution is 0.278. The van der Waals surface area contributed by atoms with Crippen molar-refractivity contribution in [3.05, 3.63) is 44.9 Å². The molecule has 0 aliphatic heterocycles. The number of aryl methyl sites for hydroxylation is 2. The zero-order chi connectivity index (χ0) is 14.7. The lowest BCUT2D eigenvalue weighted by atomic mass is 10.3. The molecule has 0 atom stereocenters. The summed E-state index contributed by atoms with van der Waals surface area (Å²) >= 11 is 9.57. The van der Waals surface area contributed by atoms with Crippen LogP contribution in [0.15, 0.2) is 22.7 Å². The first-order valence-electron chi connectivity index (χ1n) is 6.38. The SMILES string of the molecule is CCc1nn(CC)c(COc2cc(Br)ccc2F)c1Cl. The van der Waals surface area contributed by atoms with Crippen molar-refractivity contribution in [1.29, 1.82) is 0 Å². The number of halogens is 3. The number of hydrogen-bond donors (Lipinski definition) is 0. The molecule has 0 amide bonds. The molecule has 0 saturated carbocycles. The van der Waals surface area contributed by atoms with Gasteiger partial charge in [-0.1, -0.05) is 34.5 Å². The molecule has 0 N–H and O–H groups in total. The first-order chi connectivity index (χ1) is 9.56. The van der Waals surface area contributed by atoms with E-state index in [9.17, 15) is 4.39 Å². The monoisotopic (exact) mass is 360 g/mol. The minimum Gasteiger partial charge on any atom is -0.484 e. The molecule has 0 aliphatic carbocycles. The quantitative estimate of drug-likeness (QED) is 0.778. The van der Waals surface area contributed by atoms with E-state index < -0.39 is 5.82 Å². The van der Waals surface area contributed by atoms with Crippen LogP contribution in [0.3, 0.4) is 0 Å². The van der Waals surface area contributed by atoms with Crippen LogP contribution in [0.1, 0.15) is 25.2 Å². The average molecular weight is 362 g/mol. The summed E-state index contributed by atoms with van der Waals surface area (Å²) in [4.78, 5) is 0. The van der Waals surface area contributed by atoms with Crippen molar-refractivity contribution in [2.75, 3.05) is 0 Å². The minimum absolute atomic E-state index is 0.188. The molecule has 108 valence electrons. The summed E-state index contributed by atoms with van der Waals surface area (Å²) in [5.41, 5.74) is 1.60. The second-order valence-corrected chi connectivity index (χ2v) is 5.53. The Morgan fingerprint density at radius 2 is 2.15 bits per heavy atom. The number of nitrogens with zero attached hydrogens (tertiary/aromatic N) is 2. The van der Waals surface area contributed by atoms with E-state index in [1.807, 2.05) is 13.8 Å². The lowest BCUT2D eigenvalue weighted by Crippen LogP contribution is -2.07. The Morgan fingerprint density at radius 3 is 2.80 bits per heavy atom. The van der Waals surface area contributed by atoms with Gasteiger partial charge in [0.25, 0.3) is 0 Å². The minimum atomic E-state index is -0.400. The van der Waals surface area contributed by atoms with Crippen LogP contribution in [0, 0.1) is 5.82 Å². The van der Waals surface area contributed by atoms with E-state index in [2.05, 4.69) is 21.0 Å². The predicted molar refractivity (Wildman–Crippen MR) is 80.7 cm³/mol. The van der Waals surface area contributed by atoms with Crippen LogP contribution in [0.2, 0.25) is 5.02 Å². The third-order valence-electron chi connectivity index (χ3n) is 2.95. The number of rotatable bonds is 5. The van der Waals surface area contributed by atoms with Crippen molar-refractivity contribution in [3.63, 3.8) is 0 Å². The summed E-state index contributed by atoms with van der Waals surface area (Å²) in [6.07, 6.45) is 0.754. The molecule has 1 aromatic carbocycles. The molecule has 6 heteroatoms. The van der Waals surface area contributed by atoms with Gasteiger partial charge in [0.1, 0.15) is 6.61 Å². The number of hydrogen-bond acceptors (Lipinski definition) is 2. The largest absolute Gasteiger partial charge is 0.484 e. The van der Waals surface area contributed by atoms with Crippen LogP contribution >= 0.6 is 27.5 Å². The number of benzene rings is 1.